The molecule has 0 bridgehead atoms. The molecule has 8 nitrogen and oxygen atoms in total. The first-order chi connectivity index (χ1) is 10.6. The fourth-order valence-electron chi connectivity index (χ4n) is 2.47. The molecule has 8 heteroatoms. The van der Waals surface area contributed by atoms with Crippen molar-refractivity contribution in [2.45, 2.75) is 13.0 Å². The molecule has 1 unspecified atom stereocenters. The molecule has 0 radical (unpaired) electrons. The Labute approximate surface area is 128 Å². The van der Waals surface area contributed by atoms with Crippen LogP contribution >= 0.6 is 0 Å². The number of anilines is 4. The number of morpholine rings is 1. The second-order valence-corrected chi connectivity index (χ2v) is 5.25. The van der Waals surface area contributed by atoms with Crippen molar-refractivity contribution in [2.75, 3.05) is 41.9 Å². The van der Waals surface area contributed by atoms with Gasteiger partial charge in [-0.05, 0) is 13.0 Å². The van der Waals surface area contributed by atoms with E-state index in [-0.39, 0.29) is 11.9 Å². The predicted molar refractivity (Wildman–Crippen MR) is 86.1 cm³/mol. The summed E-state index contributed by atoms with van der Waals surface area (Å²) in [5, 5.41) is 0. The SMILES string of the molecule is CC1COCCN1c1cc(N)nc(-c2ccnc(N)c2N)n1. The first kappa shape index (κ1) is 14.3. The Bertz CT molecular complexity index is 691. The zero-order chi connectivity index (χ0) is 15.7. The lowest BCUT2D eigenvalue weighted by atomic mass is 10.2. The van der Waals surface area contributed by atoms with E-state index in [1.54, 1.807) is 18.3 Å². The topological polar surface area (TPSA) is 129 Å². The lowest BCUT2D eigenvalue weighted by Crippen LogP contribution is -2.44. The van der Waals surface area contributed by atoms with E-state index in [2.05, 4.69) is 26.8 Å². The fourth-order valence-corrected chi connectivity index (χ4v) is 2.47. The van der Waals surface area contributed by atoms with Crippen molar-refractivity contribution >= 4 is 23.1 Å². The van der Waals surface area contributed by atoms with E-state index in [0.717, 1.165) is 12.4 Å². The van der Waals surface area contributed by atoms with E-state index >= 15 is 0 Å². The molecular formula is C14H19N7O. The first-order valence-corrected chi connectivity index (χ1v) is 7.05. The Balaban J connectivity index is 2.05. The van der Waals surface area contributed by atoms with Crippen LogP contribution in [0.3, 0.4) is 0 Å². The minimum absolute atomic E-state index is 0.218. The molecule has 3 heterocycles. The number of nitrogen functional groups attached to an aromatic ring is 3. The van der Waals surface area contributed by atoms with Crippen LogP contribution in [0.15, 0.2) is 18.3 Å². The van der Waals surface area contributed by atoms with Crippen LogP contribution in [0.5, 0.6) is 0 Å². The normalized spacial score (nSPS) is 18.4. The number of hydrogen-bond donors (Lipinski definition) is 3. The highest BCUT2D eigenvalue weighted by Crippen LogP contribution is 2.29. The van der Waals surface area contributed by atoms with Gasteiger partial charge in [0.1, 0.15) is 17.5 Å². The summed E-state index contributed by atoms with van der Waals surface area (Å²) in [6, 6.07) is 3.70. The van der Waals surface area contributed by atoms with Gasteiger partial charge in [-0.15, -0.1) is 0 Å². The van der Waals surface area contributed by atoms with E-state index < -0.39 is 0 Å². The molecule has 1 aliphatic rings. The molecule has 2 aromatic heterocycles. The standard InChI is InChI=1S/C14H19N7O/c1-8-7-22-5-4-21(8)11-6-10(15)19-14(20-11)9-2-3-18-13(17)12(9)16/h2-3,6,8H,4-5,7,16H2,1H3,(H2,17,18)(H2,15,19,20). The second-order valence-electron chi connectivity index (χ2n) is 5.25. The molecule has 0 spiro atoms. The van der Waals surface area contributed by atoms with Crippen LogP contribution in [-0.2, 0) is 4.74 Å². The van der Waals surface area contributed by atoms with Gasteiger partial charge in [-0.1, -0.05) is 0 Å². The van der Waals surface area contributed by atoms with Gasteiger partial charge in [-0.2, -0.15) is 0 Å². The lowest BCUT2D eigenvalue weighted by Gasteiger charge is -2.34. The molecule has 1 fully saturated rings. The lowest BCUT2D eigenvalue weighted by molar-refractivity contribution is 0.0985. The van der Waals surface area contributed by atoms with Crippen molar-refractivity contribution < 1.29 is 4.74 Å². The van der Waals surface area contributed by atoms with Crippen molar-refractivity contribution in [1.82, 2.24) is 15.0 Å². The summed E-state index contributed by atoms with van der Waals surface area (Å²) >= 11 is 0. The monoisotopic (exact) mass is 301 g/mol. The quantitative estimate of drug-likeness (QED) is 0.731. The number of ether oxygens (including phenoxy) is 1. The number of rotatable bonds is 2. The van der Waals surface area contributed by atoms with Gasteiger partial charge in [0, 0.05) is 24.4 Å². The van der Waals surface area contributed by atoms with Crippen molar-refractivity contribution in [3.8, 4) is 11.4 Å². The van der Waals surface area contributed by atoms with Gasteiger partial charge in [-0.3, -0.25) is 0 Å². The van der Waals surface area contributed by atoms with Crippen LogP contribution in [0, 0.1) is 0 Å². The summed E-state index contributed by atoms with van der Waals surface area (Å²) in [6.07, 6.45) is 1.57. The molecule has 2 aromatic rings. The third-order valence-corrected chi connectivity index (χ3v) is 3.66. The predicted octanol–water partition coefficient (Wildman–Crippen LogP) is 0.510. The van der Waals surface area contributed by atoms with Crippen LogP contribution in [0.1, 0.15) is 6.92 Å². The molecule has 0 aliphatic carbocycles. The first-order valence-electron chi connectivity index (χ1n) is 7.05. The third-order valence-electron chi connectivity index (χ3n) is 3.66. The number of nitrogens with zero attached hydrogens (tertiary/aromatic N) is 4. The van der Waals surface area contributed by atoms with Gasteiger partial charge in [-0.25, -0.2) is 15.0 Å². The van der Waals surface area contributed by atoms with Gasteiger partial charge in [0.15, 0.2) is 5.82 Å². The zero-order valence-corrected chi connectivity index (χ0v) is 12.4. The maximum Gasteiger partial charge on any atom is 0.166 e. The Hall–Kier alpha value is -2.61. The largest absolute Gasteiger partial charge is 0.395 e. The highest BCUT2D eigenvalue weighted by molar-refractivity contribution is 5.79. The smallest absolute Gasteiger partial charge is 0.166 e. The average Bonchev–Trinajstić information content (AvgIpc) is 2.50. The maximum atomic E-state index is 5.98. The third kappa shape index (κ3) is 2.60. The van der Waals surface area contributed by atoms with Gasteiger partial charge in [0.25, 0.3) is 0 Å². The number of hydrogen-bond acceptors (Lipinski definition) is 8. The van der Waals surface area contributed by atoms with Crippen molar-refractivity contribution in [3.63, 3.8) is 0 Å². The van der Waals surface area contributed by atoms with Crippen LogP contribution in [-0.4, -0.2) is 40.8 Å². The van der Waals surface area contributed by atoms with Gasteiger partial charge in [0.05, 0.1) is 24.9 Å². The van der Waals surface area contributed by atoms with Crippen LogP contribution in [0.4, 0.5) is 23.1 Å². The molecular weight excluding hydrogens is 282 g/mol. The van der Waals surface area contributed by atoms with Gasteiger partial charge >= 0.3 is 0 Å². The number of nitrogens with two attached hydrogens (primary N) is 3. The molecule has 1 saturated heterocycles. The Morgan fingerprint density at radius 2 is 2.09 bits per heavy atom. The van der Waals surface area contributed by atoms with E-state index in [9.17, 15) is 0 Å². The van der Waals surface area contributed by atoms with Crippen molar-refractivity contribution in [2.24, 2.45) is 0 Å². The number of aromatic nitrogens is 3. The number of pyridine rings is 1. The average molecular weight is 301 g/mol. The van der Waals surface area contributed by atoms with Crippen LogP contribution < -0.4 is 22.1 Å². The van der Waals surface area contributed by atoms with Crippen molar-refractivity contribution in [1.29, 1.82) is 0 Å². The van der Waals surface area contributed by atoms with Gasteiger partial charge in [0.2, 0.25) is 0 Å². The Morgan fingerprint density at radius 1 is 1.27 bits per heavy atom. The van der Waals surface area contributed by atoms with E-state index in [1.807, 2.05) is 0 Å². The molecule has 0 amide bonds. The second kappa shape index (κ2) is 5.64. The van der Waals surface area contributed by atoms with E-state index in [0.29, 0.717) is 36.1 Å². The van der Waals surface area contributed by atoms with Crippen molar-refractivity contribution in [3.05, 3.63) is 18.3 Å². The maximum absolute atomic E-state index is 5.98. The van der Waals surface area contributed by atoms with E-state index in [1.165, 1.54) is 0 Å². The molecule has 22 heavy (non-hydrogen) atoms. The van der Waals surface area contributed by atoms with Gasteiger partial charge < -0.3 is 26.8 Å². The van der Waals surface area contributed by atoms with E-state index in [4.69, 9.17) is 21.9 Å². The minimum Gasteiger partial charge on any atom is -0.395 e. The Kier molecular flexibility index (Phi) is 3.68. The molecule has 6 N–H and O–H groups in total. The molecule has 1 atom stereocenters. The van der Waals surface area contributed by atoms with Crippen LogP contribution in [0.25, 0.3) is 11.4 Å². The summed E-state index contributed by atoms with van der Waals surface area (Å²) < 4.78 is 5.45. The zero-order valence-electron chi connectivity index (χ0n) is 12.4. The Morgan fingerprint density at radius 3 is 2.86 bits per heavy atom. The highest BCUT2D eigenvalue weighted by atomic mass is 16.5. The summed E-state index contributed by atoms with van der Waals surface area (Å²) in [5.74, 6) is 1.84. The summed E-state index contributed by atoms with van der Waals surface area (Å²) in [5.41, 5.74) is 18.7. The minimum atomic E-state index is 0.218. The summed E-state index contributed by atoms with van der Waals surface area (Å²) in [7, 11) is 0. The summed E-state index contributed by atoms with van der Waals surface area (Å²) in [6.45, 7) is 4.15. The molecule has 116 valence electrons. The highest BCUT2D eigenvalue weighted by Gasteiger charge is 2.22. The molecule has 0 saturated carbocycles. The fraction of sp³-hybridized carbons (Fsp3) is 0.357. The summed E-state index contributed by atoms with van der Waals surface area (Å²) in [4.78, 5) is 15.0. The molecule has 3 rings (SSSR count). The molecule has 1 aliphatic heterocycles. The molecule has 0 aromatic carbocycles. The van der Waals surface area contributed by atoms with Crippen LogP contribution in [0.2, 0.25) is 0 Å².